The Morgan fingerprint density at radius 1 is 1.21 bits per heavy atom. The molecule has 0 radical (unpaired) electrons. The van der Waals surface area contributed by atoms with E-state index in [4.69, 9.17) is 4.74 Å². The lowest BCUT2D eigenvalue weighted by atomic mass is 9.65. The predicted molar refractivity (Wildman–Crippen MR) is 155 cm³/mol. The molecule has 0 saturated carbocycles. The second kappa shape index (κ2) is 10.0. The van der Waals surface area contributed by atoms with E-state index in [0.717, 1.165) is 23.2 Å². The molecule has 5 rings (SSSR count). The van der Waals surface area contributed by atoms with Crippen LogP contribution >= 0.6 is 11.3 Å². The van der Waals surface area contributed by atoms with Gasteiger partial charge in [0.15, 0.2) is 14.9 Å². The van der Waals surface area contributed by atoms with Crippen LogP contribution in [0.3, 0.4) is 0 Å². The molecule has 1 unspecified atom stereocenters. The van der Waals surface area contributed by atoms with Gasteiger partial charge in [-0.1, -0.05) is 39.8 Å². The number of carboxylic acid groups (broad SMARTS) is 1. The molecule has 0 bridgehead atoms. The molecule has 1 fully saturated rings. The number of β-lactam (4-membered cyclic amide) rings is 1. The number of rotatable bonds is 8. The van der Waals surface area contributed by atoms with Crippen molar-refractivity contribution in [3.63, 3.8) is 0 Å². The second-order valence-corrected chi connectivity index (χ2v) is 15.2. The van der Waals surface area contributed by atoms with Crippen LogP contribution < -0.4 is 0 Å². The highest BCUT2D eigenvalue weighted by molar-refractivity contribution is 7.91. The molecule has 2 aromatic heterocycles. The van der Waals surface area contributed by atoms with Crippen molar-refractivity contribution in [3.8, 4) is 0 Å². The molecule has 2 N–H and O–H groups in total. The Labute approximate surface area is 247 Å². The second-order valence-electron chi connectivity index (χ2n) is 12.2. The minimum Gasteiger partial charge on any atom is -0.477 e. The van der Waals surface area contributed by atoms with Gasteiger partial charge >= 0.3 is 11.9 Å². The van der Waals surface area contributed by atoms with Gasteiger partial charge in [-0.05, 0) is 36.5 Å². The first-order chi connectivity index (χ1) is 19.5. The molecule has 3 aromatic rings. The lowest BCUT2D eigenvalue weighted by molar-refractivity contribution is -0.167. The van der Waals surface area contributed by atoms with E-state index in [1.165, 1.54) is 22.6 Å². The van der Waals surface area contributed by atoms with Crippen LogP contribution in [-0.4, -0.2) is 75.8 Å². The number of aliphatic hydroxyl groups is 1. The number of aliphatic hydroxyl groups excluding tert-OH is 1. The topological polar surface area (TPSA) is 156 Å². The minimum atomic E-state index is -3.66. The Hall–Kier alpha value is -3.55. The third-order valence-electron chi connectivity index (χ3n) is 8.18. The van der Waals surface area contributed by atoms with Crippen LogP contribution in [0.2, 0.25) is 0 Å². The van der Waals surface area contributed by atoms with Gasteiger partial charge in [-0.25, -0.2) is 23.0 Å². The summed E-state index contributed by atoms with van der Waals surface area (Å²) < 4.78 is 31.7. The van der Waals surface area contributed by atoms with Crippen molar-refractivity contribution in [2.75, 3.05) is 12.9 Å². The van der Waals surface area contributed by atoms with E-state index in [2.05, 4.69) is 25.8 Å². The molecule has 0 aliphatic carbocycles. The molecule has 1 amide bonds. The van der Waals surface area contributed by atoms with Crippen LogP contribution in [0.5, 0.6) is 0 Å². The van der Waals surface area contributed by atoms with Gasteiger partial charge in [0.05, 0.1) is 35.1 Å². The number of sulfone groups is 1. The summed E-state index contributed by atoms with van der Waals surface area (Å²) in [6.07, 6.45) is 3.07. The van der Waals surface area contributed by atoms with Crippen molar-refractivity contribution in [2.24, 2.45) is 11.3 Å². The average molecular weight is 616 g/mol. The normalized spacial score (nSPS) is 23.2. The Morgan fingerprint density at radius 2 is 1.86 bits per heavy atom. The molecule has 13 heteroatoms. The highest BCUT2D eigenvalue weighted by Crippen LogP contribution is 2.60. The number of esters is 1. The fourth-order valence-electron chi connectivity index (χ4n) is 6.02. The van der Waals surface area contributed by atoms with E-state index in [9.17, 15) is 33.0 Å². The minimum absolute atomic E-state index is 0.0808. The summed E-state index contributed by atoms with van der Waals surface area (Å²) in [5.41, 5.74) is 0.388. The molecule has 1 saturated heterocycles. The van der Waals surface area contributed by atoms with Gasteiger partial charge in [-0.15, -0.1) is 11.3 Å². The number of thiazole rings is 1. The van der Waals surface area contributed by atoms with Crippen LogP contribution in [0.1, 0.15) is 61.8 Å². The SMILES string of the molecule is CC(O)[C@H]1C(=O)N2C(C(=O)O)=C(c3cn4cnc(S(C)(=O)=O)c4s3)[C@](C)(CCOC(=O)c3ccc(C(C)(C)C)cc3)[C@@H]12. The van der Waals surface area contributed by atoms with E-state index in [1.807, 2.05) is 12.1 Å². The molecule has 2 aliphatic heterocycles. The lowest BCUT2D eigenvalue weighted by Gasteiger charge is -2.50. The quantitative estimate of drug-likeness (QED) is 0.287. The van der Waals surface area contributed by atoms with Crippen LogP contribution in [0, 0.1) is 11.3 Å². The molecule has 4 atom stereocenters. The number of hydrogen-bond donors (Lipinski definition) is 2. The summed E-state index contributed by atoms with van der Waals surface area (Å²) in [6.45, 7) is 9.40. The molecule has 11 nitrogen and oxygen atoms in total. The first-order valence-electron chi connectivity index (χ1n) is 13.4. The zero-order valence-electron chi connectivity index (χ0n) is 24.1. The maximum atomic E-state index is 13.1. The van der Waals surface area contributed by atoms with Gasteiger partial charge in [0.2, 0.25) is 5.91 Å². The van der Waals surface area contributed by atoms with Gasteiger partial charge < -0.3 is 19.8 Å². The van der Waals surface area contributed by atoms with Gasteiger partial charge in [0, 0.05) is 23.4 Å². The number of hydrogen-bond acceptors (Lipinski definition) is 9. The number of benzene rings is 1. The van der Waals surface area contributed by atoms with Crippen molar-refractivity contribution in [2.45, 2.75) is 63.6 Å². The van der Waals surface area contributed by atoms with Crippen molar-refractivity contribution in [1.82, 2.24) is 14.3 Å². The summed E-state index contributed by atoms with van der Waals surface area (Å²) in [4.78, 5) is 44.6. The first kappa shape index (κ1) is 29.9. The molecule has 1 aromatic carbocycles. The molecular formula is C29H33N3O8S2. The summed E-state index contributed by atoms with van der Waals surface area (Å²) in [5, 5.41) is 20.6. The van der Waals surface area contributed by atoms with E-state index in [0.29, 0.717) is 20.8 Å². The summed E-state index contributed by atoms with van der Waals surface area (Å²) in [7, 11) is -3.66. The van der Waals surface area contributed by atoms with Crippen molar-refractivity contribution >= 4 is 49.4 Å². The number of imidazole rings is 1. The maximum absolute atomic E-state index is 13.1. The maximum Gasteiger partial charge on any atom is 0.352 e. The number of aromatic nitrogens is 2. The molecular weight excluding hydrogens is 582 g/mol. The molecule has 224 valence electrons. The number of nitrogens with zero attached hydrogens (tertiary/aromatic N) is 3. The average Bonchev–Trinajstić information content (AvgIpc) is 3.51. The molecule has 4 heterocycles. The Morgan fingerprint density at radius 3 is 2.40 bits per heavy atom. The largest absolute Gasteiger partial charge is 0.477 e. The number of carboxylic acids is 1. The van der Waals surface area contributed by atoms with Crippen LogP contribution in [0.4, 0.5) is 0 Å². The zero-order valence-corrected chi connectivity index (χ0v) is 25.7. The van der Waals surface area contributed by atoms with Crippen molar-refractivity contribution < 1.29 is 37.8 Å². The van der Waals surface area contributed by atoms with Crippen molar-refractivity contribution in [1.29, 1.82) is 0 Å². The van der Waals surface area contributed by atoms with Crippen LogP contribution in [0.25, 0.3) is 10.4 Å². The number of aliphatic carboxylic acids is 1. The highest BCUT2D eigenvalue weighted by atomic mass is 32.2. The van der Waals surface area contributed by atoms with Gasteiger partial charge in [0.1, 0.15) is 16.9 Å². The Bertz CT molecular complexity index is 1740. The van der Waals surface area contributed by atoms with E-state index >= 15 is 0 Å². The smallest absolute Gasteiger partial charge is 0.352 e. The van der Waals surface area contributed by atoms with Gasteiger partial charge in [-0.3, -0.25) is 9.20 Å². The summed E-state index contributed by atoms with van der Waals surface area (Å²) >= 11 is 1.05. The predicted octanol–water partition coefficient (Wildman–Crippen LogP) is 3.37. The Kier molecular flexibility index (Phi) is 7.14. The third kappa shape index (κ3) is 4.73. The molecule has 0 spiro atoms. The van der Waals surface area contributed by atoms with E-state index < -0.39 is 51.2 Å². The van der Waals surface area contributed by atoms with E-state index in [1.54, 1.807) is 25.3 Å². The van der Waals surface area contributed by atoms with Crippen LogP contribution in [-0.2, 0) is 29.6 Å². The fraction of sp³-hybridized carbons (Fsp3) is 0.448. The zero-order chi connectivity index (χ0) is 30.9. The summed E-state index contributed by atoms with van der Waals surface area (Å²) in [6, 6.07) is 6.44. The number of amides is 1. The van der Waals surface area contributed by atoms with Gasteiger partial charge in [-0.2, -0.15) is 0 Å². The lowest BCUT2D eigenvalue weighted by Crippen LogP contribution is -2.66. The summed E-state index contributed by atoms with van der Waals surface area (Å²) in [5.74, 6) is -3.23. The van der Waals surface area contributed by atoms with E-state index in [-0.39, 0.29) is 29.2 Å². The molecule has 42 heavy (non-hydrogen) atoms. The standard InChI is InChI=1S/C29H33N3O8S2/c1-15(33)19-22-29(5,11-12-40-27(37)16-7-9-17(10-8-16)28(2,3)4)20(21(26(35)36)32(22)24(19)34)18-13-31-14-30-23(25(31)41-18)42(6,38)39/h7-10,13-15,19,22,33H,11-12H2,1-6H3,(H,35,36)/t15?,19-,22-,29+/m1/s1. The third-order valence-corrected chi connectivity index (χ3v) is 10.4. The highest BCUT2D eigenvalue weighted by Gasteiger charge is 2.66. The van der Waals surface area contributed by atoms with Gasteiger partial charge in [0.25, 0.3) is 0 Å². The number of ether oxygens (including phenoxy) is 1. The Balaban J connectivity index is 1.51. The van der Waals surface area contributed by atoms with Crippen molar-refractivity contribution in [3.05, 3.63) is 58.5 Å². The monoisotopic (exact) mass is 615 g/mol. The van der Waals surface area contributed by atoms with Crippen LogP contribution in [0.15, 0.2) is 47.5 Å². The molecule has 2 aliphatic rings. The first-order valence-corrected chi connectivity index (χ1v) is 16.1. The fourth-order valence-corrected chi connectivity index (χ4v) is 8.42. The number of carbonyl (C=O) groups excluding carboxylic acids is 2. The number of fused-ring (bicyclic) bond motifs is 2. The number of carbonyl (C=O) groups is 3.